The van der Waals surface area contributed by atoms with Gasteiger partial charge in [-0.05, 0) is 47.8 Å². The summed E-state index contributed by atoms with van der Waals surface area (Å²) < 4.78 is 16.5. The maximum atomic E-state index is 5.58. The molecule has 0 aromatic heterocycles. The summed E-state index contributed by atoms with van der Waals surface area (Å²) in [5.74, 6) is 2.71. The van der Waals surface area contributed by atoms with Gasteiger partial charge in [0.15, 0.2) is 11.5 Å². The first-order valence-corrected chi connectivity index (χ1v) is 8.33. The highest BCUT2D eigenvalue weighted by molar-refractivity contribution is 7.99. The summed E-state index contributed by atoms with van der Waals surface area (Å²) >= 11 is 1.95. The van der Waals surface area contributed by atoms with Crippen LogP contribution in [-0.2, 0) is 10.2 Å². The molecule has 0 fully saturated rings. The van der Waals surface area contributed by atoms with Gasteiger partial charge in [0.2, 0.25) is 0 Å². The van der Waals surface area contributed by atoms with Crippen molar-refractivity contribution < 1.29 is 14.2 Å². The smallest absolute Gasteiger partial charge is 0.161 e. The lowest BCUT2D eigenvalue weighted by Gasteiger charge is -2.27. The van der Waals surface area contributed by atoms with Gasteiger partial charge in [-0.1, -0.05) is 13.8 Å². The maximum absolute atomic E-state index is 5.58. The second-order valence-corrected chi connectivity index (χ2v) is 7.17. The van der Waals surface area contributed by atoms with Crippen LogP contribution in [0.15, 0.2) is 12.1 Å². The molecule has 0 N–H and O–H groups in total. The lowest BCUT2D eigenvalue weighted by atomic mass is 9.79. The molecular formula is C17H25O3S. The SMILES string of the molecule is [CH2]COCC1SCCC(C)(C)c2cc(OC)c(OC)cc21. The molecule has 0 saturated carbocycles. The van der Waals surface area contributed by atoms with Gasteiger partial charge < -0.3 is 14.2 Å². The van der Waals surface area contributed by atoms with E-state index in [1.54, 1.807) is 14.2 Å². The average molecular weight is 309 g/mol. The second kappa shape index (κ2) is 6.93. The zero-order valence-corrected chi connectivity index (χ0v) is 14.2. The molecular weight excluding hydrogens is 284 g/mol. The van der Waals surface area contributed by atoms with Gasteiger partial charge in [0.25, 0.3) is 0 Å². The van der Waals surface area contributed by atoms with Crippen molar-refractivity contribution in [1.82, 2.24) is 0 Å². The van der Waals surface area contributed by atoms with E-state index in [-0.39, 0.29) is 5.41 Å². The maximum Gasteiger partial charge on any atom is 0.161 e. The van der Waals surface area contributed by atoms with E-state index < -0.39 is 0 Å². The molecule has 2 rings (SSSR count). The van der Waals surface area contributed by atoms with Crippen LogP contribution in [0.2, 0.25) is 0 Å². The summed E-state index contributed by atoms with van der Waals surface area (Å²) in [6.45, 7) is 9.54. The van der Waals surface area contributed by atoms with E-state index in [0.29, 0.717) is 18.5 Å². The highest BCUT2D eigenvalue weighted by Crippen LogP contribution is 2.47. The van der Waals surface area contributed by atoms with Crippen LogP contribution in [-0.4, -0.2) is 33.2 Å². The van der Waals surface area contributed by atoms with Gasteiger partial charge in [-0.15, -0.1) is 0 Å². The third-order valence-electron chi connectivity index (χ3n) is 4.09. The monoisotopic (exact) mass is 309 g/mol. The van der Waals surface area contributed by atoms with E-state index in [2.05, 4.69) is 32.9 Å². The Bertz CT molecular complexity index is 485. The fraction of sp³-hybridized carbons (Fsp3) is 0.588. The van der Waals surface area contributed by atoms with Crippen molar-refractivity contribution in [2.75, 3.05) is 33.2 Å². The quantitative estimate of drug-likeness (QED) is 0.821. The lowest BCUT2D eigenvalue weighted by molar-refractivity contribution is 0.162. The minimum atomic E-state index is 0.126. The van der Waals surface area contributed by atoms with Crippen LogP contribution in [0.4, 0.5) is 0 Å². The largest absolute Gasteiger partial charge is 0.493 e. The Morgan fingerprint density at radius 2 is 1.90 bits per heavy atom. The molecule has 1 atom stereocenters. The Balaban J connectivity index is 2.51. The first-order chi connectivity index (χ1) is 10.0. The van der Waals surface area contributed by atoms with Crippen LogP contribution >= 0.6 is 11.8 Å². The molecule has 4 heteroatoms. The predicted molar refractivity (Wildman–Crippen MR) is 88.6 cm³/mol. The molecule has 1 radical (unpaired) electrons. The Hall–Kier alpha value is -0.870. The average Bonchev–Trinajstić information content (AvgIpc) is 2.60. The normalized spacial score (nSPS) is 20.5. The molecule has 117 valence electrons. The predicted octanol–water partition coefficient (Wildman–Crippen LogP) is 4.01. The first-order valence-electron chi connectivity index (χ1n) is 7.28. The number of thioether (sulfide) groups is 1. The minimum Gasteiger partial charge on any atom is -0.493 e. The van der Waals surface area contributed by atoms with Gasteiger partial charge in [-0.2, -0.15) is 11.8 Å². The first kappa shape index (κ1) is 16.5. The minimum absolute atomic E-state index is 0.126. The summed E-state index contributed by atoms with van der Waals surface area (Å²) in [5.41, 5.74) is 2.76. The molecule has 0 spiro atoms. The van der Waals surface area contributed by atoms with Gasteiger partial charge >= 0.3 is 0 Å². The zero-order chi connectivity index (χ0) is 15.5. The molecule has 1 aliphatic rings. The van der Waals surface area contributed by atoms with Gasteiger partial charge in [0.05, 0.1) is 26.1 Å². The Morgan fingerprint density at radius 1 is 1.24 bits per heavy atom. The molecule has 3 nitrogen and oxygen atoms in total. The van der Waals surface area contributed by atoms with Crippen molar-refractivity contribution in [2.24, 2.45) is 0 Å². The number of benzene rings is 1. The summed E-state index contributed by atoms with van der Waals surface area (Å²) in [4.78, 5) is 0. The standard InChI is InChI=1S/C17H25O3S/c1-6-20-11-16-12-9-14(18-4)15(19-5)10-13(12)17(2,3)7-8-21-16/h9-10,16H,1,6-8,11H2,2-5H3. The van der Waals surface area contributed by atoms with Crippen molar-refractivity contribution in [3.05, 3.63) is 30.2 Å². The van der Waals surface area contributed by atoms with E-state index in [1.807, 2.05) is 11.8 Å². The van der Waals surface area contributed by atoms with Crippen molar-refractivity contribution in [2.45, 2.75) is 30.9 Å². The number of rotatable bonds is 5. The third-order valence-corrected chi connectivity index (χ3v) is 5.32. The number of hydrogen-bond donors (Lipinski definition) is 0. The van der Waals surface area contributed by atoms with Crippen LogP contribution in [0.3, 0.4) is 0 Å². The molecule has 1 aromatic rings. The van der Waals surface area contributed by atoms with Crippen molar-refractivity contribution in [1.29, 1.82) is 0 Å². The topological polar surface area (TPSA) is 27.7 Å². The van der Waals surface area contributed by atoms with Gasteiger partial charge in [0, 0.05) is 6.61 Å². The summed E-state index contributed by atoms with van der Waals surface area (Å²) in [6, 6.07) is 4.25. The number of ether oxygens (including phenoxy) is 3. The van der Waals surface area contributed by atoms with E-state index >= 15 is 0 Å². The van der Waals surface area contributed by atoms with Crippen molar-refractivity contribution >= 4 is 11.8 Å². The molecule has 1 heterocycles. The number of methoxy groups -OCH3 is 2. The molecule has 21 heavy (non-hydrogen) atoms. The third kappa shape index (κ3) is 3.49. The van der Waals surface area contributed by atoms with Crippen LogP contribution in [0, 0.1) is 6.92 Å². The molecule has 1 unspecified atom stereocenters. The second-order valence-electron chi connectivity index (χ2n) is 5.86. The van der Waals surface area contributed by atoms with Gasteiger partial charge in [0.1, 0.15) is 0 Å². The highest BCUT2D eigenvalue weighted by Gasteiger charge is 2.32. The van der Waals surface area contributed by atoms with Gasteiger partial charge in [-0.25, -0.2) is 0 Å². The van der Waals surface area contributed by atoms with Crippen molar-refractivity contribution in [3.8, 4) is 11.5 Å². The summed E-state index contributed by atoms with van der Waals surface area (Å²) in [5, 5.41) is 0.323. The number of hydrogen-bond acceptors (Lipinski definition) is 4. The van der Waals surface area contributed by atoms with E-state index in [9.17, 15) is 0 Å². The molecule has 0 bridgehead atoms. The fourth-order valence-corrected chi connectivity index (χ4v) is 4.24. The lowest BCUT2D eigenvalue weighted by Crippen LogP contribution is -2.19. The highest BCUT2D eigenvalue weighted by atomic mass is 32.2. The van der Waals surface area contributed by atoms with Crippen molar-refractivity contribution in [3.63, 3.8) is 0 Å². The summed E-state index contributed by atoms with van der Waals surface area (Å²) in [7, 11) is 3.37. The van der Waals surface area contributed by atoms with E-state index in [4.69, 9.17) is 14.2 Å². The van der Waals surface area contributed by atoms with Crippen LogP contribution in [0.25, 0.3) is 0 Å². The molecule has 0 saturated heterocycles. The van der Waals surface area contributed by atoms with Crippen LogP contribution < -0.4 is 9.47 Å². The molecule has 0 amide bonds. The van der Waals surface area contributed by atoms with E-state index in [1.165, 1.54) is 11.1 Å². The molecule has 0 aliphatic carbocycles. The van der Waals surface area contributed by atoms with Crippen LogP contribution in [0.5, 0.6) is 11.5 Å². The van der Waals surface area contributed by atoms with Gasteiger partial charge in [-0.3, -0.25) is 0 Å². The Morgan fingerprint density at radius 3 is 2.52 bits per heavy atom. The molecule has 1 aromatic carbocycles. The van der Waals surface area contributed by atoms with E-state index in [0.717, 1.165) is 23.7 Å². The Labute approximate surface area is 132 Å². The van der Waals surface area contributed by atoms with Crippen LogP contribution in [0.1, 0.15) is 36.6 Å². The summed E-state index contributed by atoms with van der Waals surface area (Å²) in [6.07, 6.45) is 1.14. The molecule has 1 aliphatic heterocycles. The number of fused-ring (bicyclic) bond motifs is 1. The Kier molecular flexibility index (Phi) is 5.44. The fourth-order valence-electron chi connectivity index (χ4n) is 2.76. The zero-order valence-electron chi connectivity index (χ0n) is 13.4.